The van der Waals surface area contributed by atoms with Crippen molar-refractivity contribution in [3.8, 4) is 22.9 Å². The molecule has 0 aliphatic carbocycles. The molecule has 3 rings (SSSR count). The fourth-order valence-corrected chi connectivity index (χ4v) is 3.12. The van der Waals surface area contributed by atoms with Crippen LogP contribution < -0.4 is 25.1 Å². The van der Waals surface area contributed by atoms with Gasteiger partial charge in [0, 0.05) is 5.56 Å². The van der Waals surface area contributed by atoms with Gasteiger partial charge in [-0.15, -0.1) is 0 Å². The van der Waals surface area contributed by atoms with Gasteiger partial charge in [-0.25, -0.2) is 4.68 Å². The quantitative estimate of drug-likeness (QED) is 0.590. The molecule has 2 N–H and O–H groups in total. The van der Waals surface area contributed by atoms with E-state index in [4.69, 9.17) is 14.2 Å². The Morgan fingerprint density at radius 1 is 0.903 bits per heavy atom. The molecule has 0 fully saturated rings. The van der Waals surface area contributed by atoms with Crippen LogP contribution in [-0.2, 0) is 0 Å². The van der Waals surface area contributed by atoms with Crippen LogP contribution in [0, 0.1) is 13.8 Å². The molecule has 0 atom stereocenters. The van der Waals surface area contributed by atoms with Gasteiger partial charge in [-0.05, 0) is 43.7 Å². The maximum absolute atomic E-state index is 12.6. The summed E-state index contributed by atoms with van der Waals surface area (Å²) in [4.78, 5) is 25.2. The highest BCUT2D eigenvalue weighted by atomic mass is 16.5. The van der Waals surface area contributed by atoms with Crippen LogP contribution in [0.4, 0.5) is 0 Å². The molecule has 2 amide bonds. The summed E-state index contributed by atoms with van der Waals surface area (Å²) in [6, 6.07) is 10.8. The molecule has 162 valence electrons. The summed E-state index contributed by atoms with van der Waals surface area (Å²) < 4.78 is 17.4. The van der Waals surface area contributed by atoms with E-state index in [1.54, 1.807) is 11.6 Å². The number of hydrogen-bond donors (Lipinski definition) is 2. The van der Waals surface area contributed by atoms with E-state index in [1.807, 2.05) is 31.2 Å². The molecule has 0 saturated carbocycles. The summed E-state index contributed by atoms with van der Waals surface area (Å²) in [5.41, 5.74) is 7.94. The Morgan fingerprint density at radius 3 is 2.13 bits per heavy atom. The smallest absolute Gasteiger partial charge is 0.273 e. The molecule has 0 spiro atoms. The SMILES string of the molecule is COc1cc(C(=O)NNC(=O)c2cnn(-c3cccc(C)c3)c2C)cc(OC)c1OC. The zero-order chi connectivity index (χ0) is 22.5. The molecule has 3 aromatic rings. The number of nitrogens with zero attached hydrogens (tertiary/aromatic N) is 2. The predicted molar refractivity (Wildman–Crippen MR) is 114 cm³/mol. The van der Waals surface area contributed by atoms with Crippen molar-refractivity contribution in [3.63, 3.8) is 0 Å². The third-order valence-electron chi connectivity index (χ3n) is 4.72. The van der Waals surface area contributed by atoms with E-state index in [0.717, 1.165) is 11.3 Å². The van der Waals surface area contributed by atoms with Crippen LogP contribution in [0.3, 0.4) is 0 Å². The number of methoxy groups -OCH3 is 3. The maximum Gasteiger partial charge on any atom is 0.273 e. The first-order valence-corrected chi connectivity index (χ1v) is 9.42. The van der Waals surface area contributed by atoms with Crippen molar-refractivity contribution in [2.24, 2.45) is 0 Å². The average molecular weight is 424 g/mol. The molecular formula is C22H24N4O5. The van der Waals surface area contributed by atoms with Gasteiger partial charge in [0.15, 0.2) is 11.5 Å². The average Bonchev–Trinajstić information content (AvgIpc) is 3.17. The molecule has 9 nitrogen and oxygen atoms in total. The van der Waals surface area contributed by atoms with Gasteiger partial charge in [0.1, 0.15) is 0 Å². The lowest BCUT2D eigenvalue weighted by atomic mass is 10.1. The second kappa shape index (κ2) is 9.21. The zero-order valence-electron chi connectivity index (χ0n) is 18.0. The van der Waals surface area contributed by atoms with E-state index < -0.39 is 11.8 Å². The van der Waals surface area contributed by atoms with Crippen LogP contribution in [0.25, 0.3) is 5.69 Å². The Balaban J connectivity index is 1.75. The van der Waals surface area contributed by atoms with Crippen molar-refractivity contribution in [1.82, 2.24) is 20.6 Å². The number of hydrazine groups is 1. The van der Waals surface area contributed by atoms with E-state index in [9.17, 15) is 9.59 Å². The predicted octanol–water partition coefficient (Wildman–Crippen LogP) is 2.59. The fraction of sp³-hybridized carbons (Fsp3) is 0.227. The van der Waals surface area contributed by atoms with E-state index in [1.165, 1.54) is 39.7 Å². The van der Waals surface area contributed by atoms with Crippen molar-refractivity contribution in [2.75, 3.05) is 21.3 Å². The largest absolute Gasteiger partial charge is 0.493 e. The van der Waals surface area contributed by atoms with E-state index in [2.05, 4.69) is 16.0 Å². The highest BCUT2D eigenvalue weighted by Gasteiger charge is 2.19. The molecule has 0 bridgehead atoms. The fourth-order valence-electron chi connectivity index (χ4n) is 3.12. The van der Waals surface area contributed by atoms with Gasteiger partial charge in [0.05, 0.1) is 44.5 Å². The van der Waals surface area contributed by atoms with Gasteiger partial charge in [0.25, 0.3) is 11.8 Å². The van der Waals surface area contributed by atoms with E-state index in [0.29, 0.717) is 28.5 Å². The van der Waals surface area contributed by atoms with Crippen molar-refractivity contribution < 1.29 is 23.8 Å². The van der Waals surface area contributed by atoms with Crippen LogP contribution in [0.1, 0.15) is 32.0 Å². The number of carbonyl (C=O) groups excluding carboxylic acids is 2. The summed E-state index contributed by atoms with van der Waals surface area (Å²) in [6.07, 6.45) is 1.46. The van der Waals surface area contributed by atoms with Gasteiger partial charge < -0.3 is 14.2 Å². The van der Waals surface area contributed by atoms with E-state index in [-0.39, 0.29) is 5.56 Å². The number of aromatic nitrogens is 2. The van der Waals surface area contributed by atoms with Crippen LogP contribution in [0.15, 0.2) is 42.6 Å². The Bertz CT molecular complexity index is 1100. The lowest BCUT2D eigenvalue weighted by Gasteiger charge is -2.14. The second-order valence-corrected chi connectivity index (χ2v) is 6.72. The Labute approximate surface area is 179 Å². The Kier molecular flexibility index (Phi) is 6.44. The molecule has 0 aliphatic rings. The van der Waals surface area contributed by atoms with Crippen LogP contribution in [0.2, 0.25) is 0 Å². The standard InChI is InChI=1S/C22H24N4O5/c1-13-7-6-8-16(9-13)26-14(2)17(12-23-26)22(28)25-24-21(27)15-10-18(29-3)20(31-5)19(11-15)30-4/h6-12H,1-5H3,(H,24,27)(H,25,28). The number of carbonyl (C=O) groups is 2. The third kappa shape index (κ3) is 4.45. The number of amides is 2. The van der Waals surface area contributed by atoms with Crippen molar-refractivity contribution >= 4 is 11.8 Å². The van der Waals surface area contributed by atoms with Crippen molar-refractivity contribution in [2.45, 2.75) is 13.8 Å². The van der Waals surface area contributed by atoms with Crippen LogP contribution in [0.5, 0.6) is 17.2 Å². The maximum atomic E-state index is 12.6. The highest BCUT2D eigenvalue weighted by Crippen LogP contribution is 2.38. The van der Waals surface area contributed by atoms with Gasteiger partial charge in [-0.2, -0.15) is 5.10 Å². The van der Waals surface area contributed by atoms with Crippen LogP contribution >= 0.6 is 0 Å². The molecule has 0 aliphatic heterocycles. The molecule has 1 aromatic heterocycles. The van der Waals surface area contributed by atoms with Gasteiger partial charge in [-0.1, -0.05) is 12.1 Å². The van der Waals surface area contributed by atoms with Crippen molar-refractivity contribution in [1.29, 1.82) is 0 Å². The third-order valence-corrected chi connectivity index (χ3v) is 4.72. The number of hydrogen-bond acceptors (Lipinski definition) is 6. The molecule has 31 heavy (non-hydrogen) atoms. The molecule has 0 saturated heterocycles. The number of aryl methyl sites for hydroxylation is 1. The summed E-state index contributed by atoms with van der Waals surface area (Å²) in [5.74, 6) is -0.0134. The molecular weight excluding hydrogens is 400 g/mol. The highest BCUT2D eigenvalue weighted by molar-refractivity contribution is 6.00. The van der Waals surface area contributed by atoms with Crippen molar-refractivity contribution in [3.05, 3.63) is 65.0 Å². The first kappa shape index (κ1) is 21.7. The molecule has 9 heteroatoms. The summed E-state index contributed by atoms with van der Waals surface area (Å²) in [6.45, 7) is 3.76. The number of ether oxygens (including phenoxy) is 3. The minimum Gasteiger partial charge on any atom is -0.493 e. The lowest BCUT2D eigenvalue weighted by molar-refractivity contribution is 0.0846. The molecule has 2 aromatic carbocycles. The Hall–Kier alpha value is -4.01. The van der Waals surface area contributed by atoms with Gasteiger partial charge >= 0.3 is 0 Å². The summed E-state index contributed by atoms with van der Waals surface area (Å²) in [5, 5.41) is 4.29. The Morgan fingerprint density at radius 2 is 1.55 bits per heavy atom. The number of rotatable bonds is 6. The second-order valence-electron chi connectivity index (χ2n) is 6.72. The topological polar surface area (TPSA) is 104 Å². The first-order chi connectivity index (χ1) is 14.9. The number of benzene rings is 2. The van der Waals surface area contributed by atoms with E-state index >= 15 is 0 Å². The van der Waals surface area contributed by atoms with Gasteiger partial charge in [0.2, 0.25) is 5.75 Å². The first-order valence-electron chi connectivity index (χ1n) is 9.42. The van der Waals surface area contributed by atoms with Gasteiger partial charge in [-0.3, -0.25) is 20.4 Å². The monoisotopic (exact) mass is 424 g/mol. The van der Waals surface area contributed by atoms with Crippen LogP contribution in [-0.4, -0.2) is 42.9 Å². The molecule has 0 unspecified atom stereocenters. The summed E-state index contributed by atoms with van der Waals surface area (Å²) >= 11 is 0. The normalized spacial score (nSPS) is 10.4. The summed E-state index contributed by atoms with van der Waals surface area (Å²) in [7, 11) is 4.38. The zero-order valence-corrected chi connectivity index (χ0v) is 18.0. The molecule has 0 radical (unpaired) electrons. The lowest BCUT2D eigenvalue weighted by Crippen LogP contribution is -2.41. The minimum absolute atomic E-state index is 0.224. The molecule has 1 heterocycles. The number of nitrogens with one attached hydrogen (secondary N) is 2. The minimum atomic E-state index is -0.545.